The van der Waals surface area contributed by atoms with Crippen molar-refractivity contribution in [1.29, 1.82) is 0 Å². The van der Waals surface area contributed by atoms with Crippen LogP contribution in [0.5, 0.6) is 5.75 Å². The van der Waals surface area contributed by atoms with Crippen molar-refractivity contribution in [1.82, 2.24) is 0 Å². The fourth-order valence-electron chi connectivity index (χ4n) is 6.01. The number of methoxy groups -OCH3 is 1. The van der Waals surface area contributed by atoms with Gasteiger partial charge in [0.05, 0.1) is 31.4 Å². The van der Waals surface area contributed by atoms with Crippen molar-refractivity contribution in [3.63, 3.8) is 0 Å². The zero-order valence-electron chi connectivity index (χ0n) is 19.2. The molecule has 164 valence electrons. The van der Waals surface area contributed by atoms with Crippen LogP contribution in [0.2, 0.25) is 0 Å². The number of hydrogen-bond donors (Lipinski definition) is 0. The van der Waals surface area contributed by atoms with E-state index in [9.17, 15) is 0 Å². The summed E-state index contributed by atoms with van der Waals surface area (Å²) in [6.45, 7) is 13.7. The molecule has 0 spiro atoms. The smallest absolute Gasteiger partial charge is 0.489 e. The van der Waals surface area contributed by atoms with Crippen molar-refractivity contribution in [2.75, 3.05) is 7.11 Å². The molecule has 2 bridgehead atoms. The van der Waals surface area contributed by atoms with Gasteiger partial charge in [0.25, 0.3) is 0 Å². The van der Waals surface area contributed by atoms with Gasteiger partial charge in [0, 0.05) is 0 Å². The Kier molecular flexibility index (Phi) is 6.09. The summed E-state index contributed by atoms with van der Waals surface area (Å²) in [5.41, 5.74) is 1.27. The third-order valence-electron chi connectivity index (χ3n) is 8.23. The molecule has 1 aromatic rings. The van der Waals surface area contributed by atoms with E-state index in [1.54, 1.807) is 7.11 Å². The van der Waals surface area contributed by atoms with Gasteiger partial charge in [-0.1, -0.05) is 39.0 Å². The maximum atomic E-state index is 6.73. The number of benzene rings is 1. The van der Waals surface area contributed by atoms with Crippen LogP contribution in [0.1, 0.15) is 58.9 Å². The molecule has 4 fully saturated rings. The minimum atomic E-state index is -0.312. The second kappa shape index (κ2) is 8.33. The quantitative estimate of drug-likeness (QED) is 0.399. The minimum Gasteiger partial charge on any atom is -0.497 e. The van der Waals surface area contributed by atoms with Crippen molar-refractivity contribution in [2.45, 2.75) is 77.7 Å². The van der Waals surface area contributed by atoms with Crippen molar-refractivity contribution in [3.05, 3.63) is 42.5 Å². The maximum absolute atomic E-state index is 6.73. The summed E-state index contributed by atoms with van der Waals surface area (Å²) in [7, 11) is 1.37. The van der Waals surface area contributed by atoms with Crippen LogP contribution in [0.25, 0.3) is 0 Å². The molecule has 0 unspecified atom stereocenters. The molecule has 1 saturated heterocycles. The molecule has 3 saturated carbocycles. The predicted octanol–water partition coefficient (Wildman–Crippen LogP) is 5.45. The lowest BCUT2D eigenvalue weighted by Crippen LogP contribution is -2.65. The zero-order chi connectivity index (χ0) is 21.5. The van der Waals surface area contributed by atoms with Gasteiger partial charge in [-0.2, -0.15) is 0 Å². The molecule has 6 atom stereocenters. The Morgan fingerprint density at radius 1 is 1.23 bits per heavy atom. The topological polar surface area (TPSA) is 36.9 Å². The van der Waals surface area contributed by atoms with E-state index in [1.165, 1.54) is 6.42 Å². The summed E-state index contributed by atoms with van der Waals surface area (Å²) in [6.07, 6.45) is 6.50. The number of ether oxygens (including phenoxy) is 2. The predicted molar refractivity (Wildman–Crippen MR) is 120 cm³/mol. The van der Waals surface area contributed by atoms with Gasteiger partial charge in [0.2, 0.25) is 0 Å². The highest BCUT2D eigenvalue weighted by atomic mass is 16.7. The van der Waals surface area contributed by atoms with E-state index in [-0.39, 0.29) is 24.8 Å². The molecule has 0 amide bonds. The summed E-state index contributed by atoms with van der Waals surface area (Å²) in [6, 6.07) is 7.96. The number of rotatable bonds is 9. The van der Waals surface area contributed by atoms with Gasteiger partial charge in [-0.15, -0.1) is 6.58 Å². The van der Waals surface area contributed by atoms with Gasteiger partial charge in [0.15, 0.2) is 0 Å². The molecule has 1 aliphatic heterocycles. The summed E-state index contributed by atoms with van der Waals surface area (Å²) in [5.74, 6) is 2.48. The lowest BCUT2D eigenvalue weighted by molar-refractivity contribution is -0.199. The Labute approximate surface area is 182 Å². The molecule has 5 heteroatoms. The van der Waals surface area contributed by atoms with Crippen LogP contribution in [0.3, 0.4) is 0 Å². The standard InChI is InChI=1S/C25H37BO4/c1-7-8-9-17(2)23(28-16-18-10-12-20(27-6)13-11-18)26-29-22-15-19-14-21(24(19,3)4)25(22,5)30-26/h7,10-13,17,19,21-23H,1,8-9,14-16H2,2-6H3/t17-,19+,21+,22-,23+,25+/m1/s1. The lowest BCUT2D eigenvalue weighted by atomic mass is 9.43. The van der Waals surface area contributed by atoms with Crippen LogP contribution in [0, 0.1) is 23.2 Å². The van der Waals surface area contributed by atoms with Crippen molar-refractivity contribution in [3.8, 4) is 5.75 Å². The van der Waals surface area contributed by atoms with Crippen molar-refractivity contribution in [2.24, 2.45) is 23.2 Å². The second-order valence-corrected chi connectivity index (χ2v) is 10.3. The zero-order valence-corrected chi connectivity index (χ0v) is 19.2. The first-order chi connectivity index (χ1) is 14.3. The molecule has 1 heterocycles. The maximum Gasteiger partial charge on any atom is 0.489 e. The summed E-state index contributed by atoms with van der Waals surface area (Å²) in [4.78, 5) is 0. The summed E-state index contributed by atoms with van der Waals surface area (Å²) in [5, 5.41) is 0. The Bertz CT molecular complexity index is 748. The Balaban J connectivity index is 1.48. The van der Waals surface area contributed by atoms with E-state index in [2.05, 4.69) is 46.4 Å². The van der Waals surface area contributed by atoms with Gasteiger partial charge >= 0.3 is 7.12 Å². The molecule has 0 aromatic heterocycles. The van der Waals surface area contributed by atoms with Crippen LogP contribution < -0.4 is 4.74 Å². The SMILES string of the molecule is C=CCC[C@@H](C)[C@H](OCc1ccc(OC)cc1)B1O[C@@H]2C[C@@H]3C[C@@H](C3(C)C)[C@]2(C)O1. The number of allylic oxidation sites excluding steroid dienone is 1. The van der Waals surface area contributed by atoms with Crippen molar-refractivity contribution >= 4 is 7.12 Å². The molecule has 0 radical (unpaired) electrons. The molecular weight excluding hydrogens is 375 g/mol. The molecule has 1 aromatic carbocycles. The molecular formula is C25H37BO4. The van der Waals surface area contributed by atoms with E-state index >= 15 is 0 Å². The van der Waals surface area contributed by atoms with Gasteiger partial charge < -0.3 is 18.8 Å². The van der Waals surface area contributed by atoms with Crippen LogP contribution in [0.4, 0.5) is 0 Å². The Morgan fingerprint density at radius 3 is 2.60 bits per heavy atom. The van der Waals surface area contributed by atoms with Crippen LogP contribution in [-0.2, 0) is 20.7 Å². The van der Waals surface area contributed by atoms with Crippen LogP contribution in [0.15, 0.2) is 36.9 Å². The Hall–Kier alpha value is -1.30. The highest BCUT2D eigenvalue weighted by molar-refractivity contribution is 6.47. The van der Waals surface area contributed by atoms with Gasteiger partial charge in [-0.3, -0.25) is 0 Å². The van der Waals surface area contributed by atoms with Crippen LogP contribution >= 0.6 is 0 Å². The molecule has 4 aliphatic rings. The summed E-state index contributed by atoms with van der Waals surface area (Å²) >= 11 is 0. The average molecular weight is 412 g/mol. The Morgan fingerprint density at radius 2 is 1.97 bits per heavy atom. The minimum absolute atomic E-state index is 0.102. The lowest BCUT2D eigenvalue weighted by Gasteiger charge is -2.64. The highest BCUT2D eigenvalue weighted by Crippen LogP contribution is 2.65. The molecule has 3 aliphatic carbocycles. The monoisotopic (exact) mass is 412 g/mol. The van der Waals surface area contributed by atoms with E-state index in [0.717, 1.165) is 36.5 Å². The van der Waals surface area contributed by atoms with E-state index in [1.807, 2.05) is 18.2 Å². The van der Waals surface area contributed by atoms with E-state index < -0.39 is 0 Å². The fraction of sp³-hybridized carbons (Fsp3) is 0.680. The van der Waals surface area contributed by atoms with E-state index in [4.69, 9.17) is 18.8 Å². The van der Waals surface area contributed by atoms with Crippen LogP contribution in [-0.4, -0.2) is 31.9 Å². The largest absolute Gasteiger partial charge is 0.497 e. The third kappa shape index (κ3) is 3.74. The number of hydrogen-bond acceptors (Lipinski definition) is 4. The molecule has 30 heavy (non-hydrogen) atoms. The molecule has 4 nitrogen and oxygen atoms in total. The van der Waals surface area contributed by atoms with Gasteiger partial charge in [0.1, 0.15) is 5.75 Å². The first kappa shape index (κ1) is 21.9. The molecule has 5 rings (SSSR count). The highest BCUT2D eigenvalue weighted by Gasteiger charge is 2.68. The fourth-order valence-corrected chi connectivity index (χ4v) is 6.01. The third-order valence-corrected chi connectivity index (χ3v) is 8.23. The average Bonchev–Trinajstić information content (AvgIpc) is 3.09. The normalized spacial score (nSPS) is 33.4. The second-order valence-electron chi connectivity index (χ2n) is 10.3. The molecule has 0 N–H and O–H groups in total. The van der Waals surface area contributed by atoms with Crippen molar-refractivity contribution < 1.29 is 18.8 Å². The van der Waals surface area contributed by atoms with Gasteiger partial charge in [-0.25, -0.2) is 0 Å². The first-order valence-electron chi connectivity index (χ1n) is 11.5. The first-order valence-corrected chi connectivity index (χ1v) is 11.5. The summed E-state index contributed by atoms with van der Waals surface area (Å²) < 4.78 is 25.0. The van der Waals surface area contributed by atoms with Gasteiger partial charge in [-0.05, 0) is 73.5 Å². The van der Waals surface area contributed by atoms with E-state index in [0.29, 0.717) is 23.9 Å².